The molecule has 3 aliphatic heterocycles. The Hall–Kier alpha value is -1.42. The molecule has 0 unspecified atom stereocenters. The van der Waals surface area contributed by atoms with Crippen LogP contribution in [-0.2, 0) is 32.7 Å². The molecule has 1 amide bonds. The van der Waals surface area contributed by atoms with Gasteiger partial charge in [0, 0.05) is 12.3 Å². The molecule has 0 radical (unpaired) electrons. The molecule has 0 saturated carbocycles. The quantitative estimate of drug-likeness (QED) is 0.366. The zero-order valence-corrected chi connectivity index (χ0v) is 18.2. The summed E-state index contributed by atoms with van der Waals surface area (Å²) in [6.07, 6.45) is 0.329. The van der Waals surface area contributed by atoms with E-state index in [0.717, 1.165) is 0 Å². The van der Waals surface area contributed by atoms with Crippen molar-refractivity contribution < 1.29 is 32.7 Å². The monoisotopic (exact) mass is 449 g/mol. The molecule has 0 aliphatic carbocycles. The summed E-state index contributed by atoms with van der Waals surface area (Å²) in [7, 11) is -3.85. The standard InChI is InChI=1S/C17H25ClN3O7P/c1-9(2)26-15(23)10(3)20-29(24)25-8-12-14(28-29)17(5,18)16(27-12)21-7-6-13(22)19-11(21)4/h6-7,9-10,12,14,16H,4,8H2,1-3,5H3,(H,19,22)(H,20,24)/t10-,12-,14-,16-,17-,29+/m1/s1. The number of ether oxygens (including phenoxy) is 2. The van der Waals surface area contributed by atoms with Crippen LogP contribution >= 0.6 is 19.3 Å². The Morgan fingerprint density at radius 2 is 2.21 bits per heavy atom. The Morgan fingerprint density at radius 1 is 1.52 bits per heavy atom. The average Bonchev–Trinajstić information content (AvgIpc) is 2.85. The topological polar surface area (TPSA) is 115 Å². The van der Waals surface area contributed by atoms with E-state index in [1.54, 1.807) is 25.7 Å². The number of alkyl halides is 1. The fourth-order valence-electron chi connectivity index (χ4n) is 3.26. The smallest absolute Gasteiger partial charge is 0.406 e. The Balaban J connectivity index is 1.73. The number of halogens is 1. The summed E-state index contributed by atoms with van der Waals surface area (Å²) in [4.78, 5) is 23.9. The van der Waals surface area contributed by atoms with Gasteiger partial charge in [0.2, 0.25) is 0 Å². The molecule has 3 aliphatic rings. The van der Waals surface area contributed by atoms with Crippen LogP contribution in [-0.4, -0.2) is 58.8 Å². The van der Waals surface area contributed by atoms with E-state index in [4.69, 9.17) is 30.1 Å². The fraction of sp³-hybridized carbons (Fsp3) is 0.647. The van der Waals surface area contributed by atoms with Gasteiger partial charge in [0.25, 0.3) is 5.91 Å². The summed E-state index contributed by atoms with van der Waals surface area (Å²) in [5.74, 6) is -0.599. The second-order valence-corrected chi connectivity index (χ2v) is 10.0. The summed E-state index contributed by atoms with van der Waals surface area (Å²) in [5.41, 5.74) is 0. The maximum Gasteiger partial charge on any atom is 0.406 e. The van der Waals surface area contributed by atoms with Crippen molar-refractivity contribution in [2.75, 3.05) is 6.61 Å². The van der Waals surface area contributed by atoms with Gasteiger partial charge < -0.3 is 19.7 Å². The van der Waals surface area contributed by atoms with Gasteiger partial charge in [-0.15, -0.1) is 11.6 Å². The summed E-state index contributed by atoms with van der Waals surface area (Å²) in [5, 5.41) is 5.15. The number of carbonyl (C=O) groups is 2. The normalized spacial score (nSPS) is 38.0. The highest BCUT2D eigenvalue weighted by atomic mass is 35.5. The van der Waals surface area contributed by atoms with Crippen molar-refractivity contribution in [2.24, 2.45) is 0 Å². The molecule has 0 aromatic carbocycles. The van der Waals surface area contributed by atoms with Crippen molar-refractivity contribution in [1.29, 1.82) is 0 Å². The first-order valence-electron chi connectivity index (χ1n) is 9.15. The summed E-state index contributed by atoms with van der Waals surface area (Å²) in [6, 6.07) is -0.917. The van der Waals surface area contributed by atoms with Gasteiger partial charge in [-0.25, -0.2) is 9.65 Å². The van der Waals surface area contributed by atoms with Crippen molar-refractivity contribution in [3.8, 4) is 0 Å². The Labute approximate surface area is 174 Å². The minimum Gasteiger partial charge on any atom is -0.462 e. The van der Waals surface area contributed by atoms with Crippen LogP contribution in [0.25, 0.3) is 0 Å². The minimum absolute atomic E-state index is 0.0594. The molecule has 10 nitrogen and oxygen atoms in total. The van der Waals surface area contributed by atoms with Crippen LogP contribution in [0.15, 0.2) is 24.7 Å². The maximum atomic E-state index is 13.1. The van der Waals surface area contributed by atoms with Gasteiger partial charge >= 0.3 is 13.7 Å². The molecule has 2 saturated heterocycles. The molecule has 12 heteroatoms. The molecule has 0 bridgehead atoms. The van der Waals surface area contributed by atoms with Crippen molar-refractivity contribution in [3.05, 3.63) is 24.7 Å². The SMILES string of the molecule is C=C1NC(=O)C=CN1[C@@H]1O[C@@H]2CO[P@@](=O)(N[C@H](C)C(=O)OC(C)C)O[C@H]2[C@@]1(C)Cl. The second-order valence-electron chi connectivity index (χ2n) is 7.49. The van der Waals surface area contributed by atoms with E-state index in [2.05, 4.69) is 17.0 Å². The van der Waals surface area contributed by atoms with E-state index in [0.29, 0.717) is 5.82 Å². The lowest BCUT2D eigenvalue weighted by molar-refractivity contribution is -0.149. The predicted octanol–water partition coefficient (Wildman–Crippen LogP) is 1.58. The zero-order chi connectivity index (χ0) is 21.6. The van der Waals surface area contributed by atoms with E-state index in [1.807, 2.05) is 0 Å². The lowest BCUT2D eigenvalue weighted by Gasteiger charge is -2.38. The first-order chi connectivity index (χ1) is 13.4. The molecule has 6 atom stereocenters. The first kappa shape index (κ1) is 22.3. The van der Waals surface area contributed by atoms with Gasteiger partial charge in [-0.2, -0.15) is 0 Å². The van der Waals surface area contributed by atoms with Crippen molar-refractivity contribution in [2.45, 2.75) is 63.2 Å². The van der Waals surface area contributed by atoms with Gasteiger partial charge in [0.1, 0.15) is 28.9 Å². The van der Waals surface area contributed by atoms with E-state index in [9.17, 15) is 14.2 Å². The van der Waals surface area contributed by atoms with Crippen LogP contribution in [0, 0.1) is 0 Å². The van der Waals surface area contributed by atoms with E-state index in [1.165, 1.54) is 19.2 Å². The molecule has 0 aromatic heterocycles. The van der Waals surface area contributed by atoms with Gasteiger partial charge in [-0.3, -0.25) is 18.6 Å². The van der Waals surface area contributed by atoms with Crippen LogP contribution in [0.2, 0.25) is 0 Å². The molecule has 0 aromatic rings. The number of amides is 1. The number of hydrogen-bond acceptors (Lipinski definition) is 8. The van der Waals surface area contributed by atoms with Crippen LogP contribution < -0.4 is 10.4 Å². The largest absolute Gasteiger partial charge is 0.462 e. The second kappa shape index (κ2) is 8.02. The highest BCUT2D eigenvalue weighted by molar-refractivity contribution is 7.51. The number of esters is 1. The first-order valence-corrected chi connectivity index (χ1v) is 11.1. The zero-order valence-electron chi connectivity index (χ0n) is 16.6. The highest BCUT2D eigenvalue weighted by Gasteiger charge is 2.60. The van der Waals surface area contributed by atoms with Gasteiger partial charge in [0.05, 0.1) is 12.7 Å². The molecule has 2 fully saturated rings. The van der Waals surface area contributed by atoms with Crippen molar-refractivity contribution >= 4 is 31.2 Å². The lowest BCUT2D eigenvalue weighted by Crippen LogP contribution is -2.52. The summed E-state index contributed by atoms with van der Waals surface area (Å²) in [6.45, 7) is 10.3. The van der Waals surface area contributed by atoms with Gasteiger partial charge in [-0.05, 0) is 27.7 Å². The Kier molecular flexibility index (Phi) is 6.16. The number of nitrogens with one attached hydrogen (secondary N) is 2. The number of rotatable bonds is 5. The van der Waals surface area contributed by atoms with Crippen LogP contribution in [0.3, 0.4) is 0 Å². The molecule has 29 heavy (non-hydrogen) atoms. The maximum absolute atomic E-state index is 13.1. The summed E-state index contributed by atoms with van der Waals surface area (Å²) >= 11 is 6.76. The van der Waals surface area contributed by atoms with E-state index >= 15 is 0 Å². The van der Waals surface area contributed by atoms with Crippen molar-refractivity contribution in [3.63, 3.8) is 0 Å². The van der Waals surface area contributed by atoms with E-state index < -0.39 is 43.1 Å². The van der Waals surface area contributed by atoms with E-state index in [-0.39, 0.29) is 18.6 Å². The average molecular weight is 450 g/mol. The molecule has 2 N–H and O–H groups in total. The Bertz CT molecular complexity index is 787. The third kappa shape index (κ3) is 4.52. The molecule has 0 spiro atoms. The van der Waals surface area contributed by atoms with Gasteiger partial charge in [-0.1, -0.05) is 6.58 Å². The molecular weight excluding hydrogens is 425 g/mol. The molecule has 3 heterocycles. The molecule has 3 rings (SSSR count). The van der Waals surface area contributed by atoms with Crippen LogP contribution in [0.5, 0.6) is 0 Å². The van der Waals surface area contributed by atoms with Crippen LogP contribution in [0.1, 0.15) is 27.7 Å². The Morgan fingerprint density at radius 3 is 2.83 bits per heavy atom. The number of carbonyl (C=O) groups excluding carboxylic acids is 2. The molecule has 162 valence electrons. The number of hydrogen-bond donors (Lipinski definition) is 2. The van der Waals surface area contributed by atoms with Crippen molar-refractivity contribution in [1.82, 2.24) is 15.3 Å². The summed E-state index contributed by atoms with van der Waals surface area (Å²) < 4.78 is 35.2. The third-order valence-electron chi connectivity index (χ3n) is 4.62. The number of nitrogens with zero attached hydrogens (tertiary/aromatic N) is 1. The van der Waals surface area contributed by atoms with Crippen LogP contribution in [0.4, 0.5) is 0 Å². The fourth-order valence-corrected chi connectivity index (χ4v) is 5.44. The minimum atomic E-state index is -3.85. The van der Waals surface area contributed by atoms with Gasteiger partial charge in [0.15, 0.2) is 6.23 Å². The third-order valence-corrected chi connectivity index (χ3v) is 6.72. The lowest BCUT2D eigenvalue weighted by atomic mass is 10.0. The molecular formula is C17H25ClN3O7P. The number of fused-ring (bicyclic) bond motifs is 1. The predicted molar refractivity (Wildman–Crippen MR) is 103 cm³/mol. The highest BCUT2D eigenvalue weighted by Crippen LogP contribution is 2.56.